The van der Waals surface area contributed by atoms with Gasteiger partial charge in [0.15, 0.2) is 0 Å². The standard InChI is InChI=1S/C25H23BrN2/c1-2-14-28-15-13-21-22(16-28)25(18-7-10-19(26)11-8-18)27-23-12-9-17-5-3-4-6-20(17)24(21)23/h3-12H,2,13-16H2,1H3. The summed E-state index contributed by atoms with van der Waals surface area (Å²) in [5.41, 5.74) is 6.36. The van der Waals surface area contributed by atoms with Crippen molar-refractivity contribution in [3.05, 3.63) is 76.3 Å². The maximum absolute atomic E-state index is 5.19. The highest BCUT2D eigenvalue weighted by Crippen LogP contribution is 2.37. The zero-order valence-electron chi connectivity index (χ0n) is 16.1. The maximum atomic E-state index is 5.19. The molecule has 0 saturated carbocycles. The van der Waals surface area contributed by atoms with E-state index in [0.29, 0.717) is 0 Å². The van der Waals surface area contributed by atoms with E-state index in [1.54, 1.807) is 0 Å². The van der Waals surface area contributed by atoms with Crippen LogP contribution < -0.4 is 0 Å². The Morgan fingerprint density at radius 1 is 0.964 bits per heavy atom. The lowest BCUT2D eigenvalue weighted by Gasteiger charge is -2.31. The molecule has 2 heterocycles. The van der Waals surface area contributed by atoms with E-state index in [-0.39, 0.29) is 0 Å². The summed E-state index contributed by atoms with van der Waals surface area (Å²) in [7, 11) is 0. The van der Waals surface area contributed by atoms with E-state index in [9.17, 15) is 0 Å². The molecule has 4 aromatic rings. The Labute approximate surface area is 174 Å². The molecule has 1 aliphatic heterocycles. The third kappa shape index (κ3) is 3.03. The zero-order chi connectivity index (χ0) is 19.1. The summed E-state index contributed by atoms with van der Waals surface area (Å²) in [4.78, 5) is 7.76. The topological polar surface area (TPSA) is 16.1 Å². The Morgan fingerprint density at radius 3 is 2.61 bits per heavy atom. The van der Waals surface area contributed by atoms with Gasteiger partial charge in [-0.25, -0.2) is 4.98 Å². The van der Waals surface area contributed by atoms with Gasteiger partial charge in [-0.05, 0) is 59.5 Å². The fourth-order valence-electron chi connectivity index (χ4n) is 4.52. The van der Waals surface area contributed by atoms with Crippen LogP contribution in [0.2, 0.25) is 0 Å². The van der Waals surface area contributed by atoms with Crippen LogP contribution in [0.3, 0.4) is 0 Å². The lowest BCUT2D eigenvalue weighted by Crippen LogP contribution is -2.32. The van der Waals surface area contributed by atoms with Gasteiger partial charge in [0.2, 0.25) is 0 Å². The molecule has 0 bridgehead atoms. The molecule has 0 N–H and O–H groups in total. The number of fused-ring (bicyclic) bond motifs is 5. The molecule has 0 fully saturated rings. The van der Waals surface area contributed by atoms with Crippen molar-refractivity contribution >= 4 is 37.6 Å². The number of pyridine rings is 1. The first-order valence-electron chi connectivity index (χ1n) is 10.1. The van der Waals surface area contributed by atoms with Crippen molar-refractivity contribution in [2.45, 2.75) is 26.3 Å². The molecule has 1 aromatic heterocycles. The Bertz CT molecular complexity index is 1160. The normalized spacial score (nSPS) is 14.5. The maximum Gasteiger partial charge on any atom is 0.0757 e. The molecule has 5 rings (SSSR count). The molecule has 3 aromatic carbocycles. The minimum absolute atomic E-state index is 0.987. The van der Waals surface area contributed by atoms with Gasteiger partial charge in [0.05, 0.1) is 11.2 Å². The third-order valence-electron chi connectivity index (χ3n) is 5.81. The van der Waals surface area contributed by atoms with Gasteiger partial charge in [0, 0.05) is 28.5 Å². The van der Waals surface area contributed by atoms with Crippen molar-refractivity contribution < 1.29 is 0 Å². The van der Waals surface area contributed by atoms with Crippen molar-refractivity contribution in [1.29, 1.82) is 0 Å². The molecule has 0 aliphatic carbocycles. The van der Waals surface area contributed by atoms with E-state index in [1.807, 2.05) is 0 Å². The summed E-state index contributed by atoms with van der Waals surface area (Å²) >= 11 is 3.56. The molecular weight excluding hydrogens is 408 g/mol. The predicted octanol–water partition coefficient (Wildman–Crippen LogP) is 6.59. The molecule has 140 valence electrons. The number of hydrogen-bond donors (Lipinski definition) is 0. The molecule has 3 heteroatoms. The second-order valence-electron chi connectivity index (χ2n) is 7.63. The Balaban J connectivity index is 1.81. The summed E-state index contributed by atoms with van der Waals surface area (Å²) in [6.45, 7) is 5.52. The Hall–Kier alpha value is -2.23. The molecule has 0 unspecified atom stereocenters. The predicted molar refractivity (Wildman–Crippen MR) is 122 cm³/mol. The van der Waals surface area contributed by atoms with Gasteiger partial charge in [-0.15, -0.1) is 0 Å². The SMILES string of the molecule is CCCN1CCc2c(c(-c3ccc(Br)cc3)nc3ccc4ccccc4c23)C1. The summed E-state index contributed by atoms with van der Waals surface area (Å²) in [6, 6.07) is 21.7. The Morgan fingerprint density at radius 2 is 1.79 bits per heavy atom. The van der Waals surface area contributed by atoms with Gasteiger partial charge < -0.3 is 0 Å². The van der Waals surface area contributed by atoms with Crippen LogP contribution in [0.15, 0.2) is 65.1 Å². The smallest absolute Gasteiger partial charge is 0.0757 e. The number of nitrogens with zero attached hydrogens (tertiary/aromatic N) is 2. The third-order valence-corrected chi connectivity index (χ3v) is 6.34. The molecule has 0 radical (unpaired) electrons. The molecule has 0 spiro atoms. The van der Waals surface area contributed by atoms with Crippen LogP contribution in [-0.4, -0.2) is 23.0 Å². The second kappa shape index (κ2) is 7.31. The summed E-state index contributed by atoms with van der Waals surface area (Å²) in [5, 5.41) is 3.98. The number of aromatic nitrogens is 1. The number of rotatable bonds is 3. The number of halogens is 1. The van der Waals surface area contributed by atoms with Crippen molar-refractivity contribution in [3.8, 4) is 11.3 Å². The average Bonchev–Trinajstić information content (AvgIpc) is 2.73. The van der Waals surface area contributed by atoms with Crippen LogP contribution in [0.4, 0.5) is 0 Å². The molecule has 0 atom stereocenters. The Kier molecular flexibility index (Phi) is 4.65. The van der Waals surface area contributed by atoms with Gasteiger partial charge in [-0.3, -0.25) is 4.90 Å². The van der Waals surface area contributed by atoms with E-state index in [1.165, 1.54) is 39.3 Å². The molecular formula is C25H23BrN2. The van der Waals surface area contributed by atoms with Crippen LogP contribution in [0.5, 0.6) is 0 Å². The van der Waals surface area contributed by atoms with Crippen LogP contribution in [-0.2, 0) is 13.0 Å². The van der Waals surface area contributed by atoms with Gasteiger partial charge >= 0.3 is 0 Å². The highest BCUT2D eigenvalue weighted by Gasteiger charge is 2.24. The average molecular weight is 431 g/mol. The second-order valence-corrected chi connectivity index (χ2v) is 8.55. The van der Waals surface area contributed by atoms with Gasteiger partial charge in [0.25, 0.3) is 0 Å². The van der Waals surface area contributed by atoms with E-state index in [2.05, 4.69) is 88.4 Å². The quantitative estimate of drug-likeness (QED) is 0.341. The van der Waals surface area contributed by atoms with Crippen molar-refractivity contribution in [1.82, 2.24) is 9.88 Å². The monoisotopic (exact) mass is 430 g/mol. The van der Waals surface area contributed by atoms with Crippen LogP contribution in [0.1, 0.15) is 24.5 Å². The van der Waals surface area contributed by atoms with Crippen molar-refractivity contribution in [2.75, 3.05) is 13.1 Å². The molecule has 2 nitrogen and oxygen atoms in total. The van der Waals surface area contributed by atoms with Crippen LogP contribution in [0.25, 0.3) is 32.9 Å². The van der Waals surface area contributed by atoms with E-state index in [0.717, 1.165) is 41.7 Å². The largest absolute Gasteiger partial charge is 0.299 e. The van der Waals surface area contributed by atoms with Crippen LogP contribution in [0, 0.1) is 0 Å². The van der Waals surface area contributed by atoms with Gasteiger partial charge in [0.1, 0.15) is 0 Å². The molecule has 1 aliphatic rings. The highest BCUT2D eigenvalue weighted by atomic mass is 79.9. The first-order chi connectivity index (χ1) is 13.7. The van der Waals surface area contributed by atoms with Gasteiger partial charge in [-0.1, -0.05) is 65.3 Å². The fraction of sp³-hybridized carbons (Fsp3) is 0.240. The summed E-state index contributed by atoms with van der Waals surface area (Å²) in [5.74, 6) is 0. The first kappa shape index (κ1) is 17.8. The minimum atomic E-state index is 0.987. The summed E-state index contributed by atoms with van der Waals surface area (Å²) in [6.07, 6.45) is 2.28. The van der Waals surface area contributed by atoms with E-state index < -0.39 is 0 Å². The lowest BCUT2D eigenvalue weighted by atomic mass is 9.89. The van der Waals surface area contributed by atoms with E-state index >= 15 is 0 Å². The number of hydrogen-bond acceptors (Lipinski definition) is 2. The lowest BCUT2D eigenvalue weighted by molar-refractivity contribution is 0.255. The van der Waals surface area contributed by atoms with Crippen molar-refractivity contribution in [2.24, 2.45) is 0 Å². The summed E-state index contributed by atoms with van der Waals surface area (Å²) < 4.78 is 1.10. The molecule has 28 heavy (non-hydrogen) atoms. The zero-order valence-corrected chi connectivity index (χ0v) is 17.7. The molecule has 0 saturated heterocycles. The molecule has 0 amide bonds. The van der Waals surface area contributed by atoms with Crippen molar-refractivity contribution in [3.63, 3.8) is 0 Å². The highest BCUT2D eigenvalue weighted by molar-refractivity contribution is 9.10. The fourth-order valence-corrected chi connectivity index (χ4v) is 4.79. The van der Waals surface area contributed by atoms with Gasteiger partial charge in [-0.2, -0.15) is 0 Å². The van der Waals surface area contributed by atoms with E-state index in [4.69, 9.17) is 4.98 Å². The number of benzene rings is 3. The first-order valence-corrected chi connectivity index (χ1v) is 10.9. The van der Waals surface area contributed by atoms with Crippen LogP contribution >= 0.6 is 15.9 Å². The minimum Gasteiger partial charge on any atom is -0.299 e.